The molecule has 0 saturated heterocycles. The van der Waals surface area contributed by atoms with Crippen LogP contribution in [0.1, 0.15) is 25.3 Å². The molecule has 0 aliphatic rings. The number of rotatable bonds is 5. The lowest BCUT2D eigenvalue weighted by atomic mass is 10.4. The van der Waals surface area contributed by atoms with Gasteiger partial charge in [0.1, 0.15) is 11.6 Å². The van der Waals surface area contributed by atoms with Crippen molar-refractivity contribution in [2.45, 2.75) is 24.0 Å². The fourth-order valence-corrected chi connectivity index (χ4v) is 3.80. The van der Waals surface area contributed by atoms with E-state index in [4.69, 9.17) is 10.00 Å². The Morgan fingerprint density at radius 2 is 2.25 bits per heavy atom. The van der Waals surface area contributed by atoms with E-state index in [-0.39, 0.29) is 21.4 Å². The summed E-state index contributed by atoms with van der Waals surface area (Å²) in [6, 6.07) is 1.82. The molecule has 1 rings (SSSR count). The van der Waals surface area contributed by atoms with E-state index >= 15 is 0 Å². The zero-order chi connectivity index (χ0) is 12.2. The molecule has 0 N–H and O–H groups in total. The highest BCUT2D eigenvalue weighted by atomic mass is 32.2. The van der Waals surface area contributed by atoms with Crippen molar-refractivity contribution in [3.05, 3.63) is 5.56 Å². The number of nitrogens with zero attached hydrogens (tertiary/aromatic N) is 2. The highest BCUT2D eigenvalue weighted by Gasteiger charge is 2.25. The minimum atomic E-state index is -3.40. The molecule has 0 amide bonds. The van der Waals surface area contributed by atoms with Gasteiger partial charge in [-0.25, -0.2) is 8.42 Å². The predicted octanol–water partition coefficient (Wildman–Crippen LogP) is 1.60. The first-order valence-electron chi connectivity index (χ1n) is 4.73. The van der Waals surface area contributed by atoms with Crippen LogP contribution in [0.2, 0.25) is 0 Å². The second-order valence-electron chi connectivity index (χ2n) is 3.14. The van der Waals surface area contributed by atoms with Gasteiger partial charge in [0.25, 0.3) is 0 Å². The number of nitriles is 1. The van der Waals surface area contributed by atoms with Gasteiger partial charge in [0.05, 0.1) is 12.9 Å². The van der Waals surface area contributed by atoms with Crippen LogP contribution in [0.25, 0.3) is 0 Å². The zero-order valence-corrected chi connectivity index (χ0v) is 10.7. The first-order chi connectivity index (χ1) is 7.56. The highest BCUT2D eigenvalue weighted by Crippen LogP contribution is 2.29. The standard InChI is InChI=1S/C9H12N2O3S2/c1-3-4-5-16(12,13)9-7(6-10)8(14-2)11-15-9/h3-5H2,1-2H3. The lowest BCUT2D eigenvalue weighted by Gasteiger charge is -2.00. The Labute approximate surface area is 98.8 Å². The Bertz CT molecular complexity index is 499. The van der Waals surface area contributed by atoms with Crippen molar-refractivity contribution in [3.8, 4) is 11.9 Å². The van der Waals surface area contributed by atoms with Crippen LogP contribution in [0.3, 0.4) is 0 Å². The van der Waals surface area contributed by atoms with E-state index in [0.29, 0.717) is 6.42 Å². The Balaban J connectivity index is 3.14. The summed E-state index contributed by atoms with van der Waals surface area (Å²) in [4.78, 5) is 0. The maximum Gasteiger partial charge on any atom is 0.244 e. The van der Waals surface area contributed by atoms with Crippen LogP contribution in [0, 0.1) is 11.3 Å². The lowest BCUT2D eigenvalue weighted by Crippen LogP contribution is -2.06. The first kappa shape index (κ1) is 12.9. The summed E-state index contributed by atoms with van der Waals surface area (Å²) in [5.74, 6) is 0.131. The average molecular weight is 260 g/mol. The summed E-state index contributed by atoms with van der Waals surface area (Å²) >= 11 is 0.797. The molecule has 0 spiro atoms. The van der Waals surface area contributed by atoms with E-state index < -0.39 is 9.84 Å². The van der Waals surface area contributed by atoms with Crippen molar-refractivity contribution < 1.29 is 13.2 Å². The maximum atomic E-state index is 11.9. The minimum Gasteiger partial charge on any atom is -0.479 e. The second kappa shape index (κ2) is 5.27. The largest absolute Gasteiger partial charge is 0.479 e. The van der Waals surface area contributed by atoms with Crippen LogP contribution in [-0.4, -0.2) is 25.7 Å². The number of ether oxygens (including phenoxy) is 1. The van der Waals surface area contributed by atoms with E-state index in [0.717, 1.165) is 18.0 Å². The van der Waals surface area contributed by atoms with E-state index in [1.165, 1.54) is 7.11 Å². The molecule has 0 fully saturated rings. The summed E-state index contributed by atoms with van der Waals surface area (Å²) in [5.41, 5.74) is 0.0172. The number of hydrogen-bond acceptors (Lipinski definition) is 6. The third kappa shape index (κ3) is 2.51. The van der Waals surface area contributed by atoms with E-state index in [9.17, 15) is 8.42 Å². The number of unbranched alkanes of at least 4 members (excludes halogenated alkanes) is 1. The van der Waals surface area contributed by atoms with Crippen LogP contribution in [0.5, 0.6) is 5.88 Å². The monoisotopic (exact) mass is 260 g/mol. The molecule has 16 heavy (non-hydrogen) atoms. The number of hydrogen-bond donors (Lipinski definition) is 0. The molecular formula is C9H12N2O3S2. The zero-order valence-electron chi connectivity index (χ0n) is 9.06. The van der Waals surface area contributed by atoms with Crippen molar-refractivity contribution in [2.75, 3.05) is 12.9 Å². The van der Waals surface area contributed by atoms with Crippen LogP contribution in [-0.2, 0) is 9.84 Å². The predicted molar refractivity (Wildman–Crippen MR) is 60.3 cm³/mol. The van der Waals surface area contributed by atoms with Crippen molar-refractivity contribution in [1.82, 2.24) is 4.37 Å². The Hall–Kier alpha value is -1.13. The molecule has 0 radical (unpaired) electrons. The fourth-order valence-electron chi connectivity index (χ4n) is 1.13. The van der Waals surface area contributed by atoms with Gasteiger partial charge in [-0.1, -0.05) is 13.3 Å². The molecule has 5 nitrogen and oxygen atoms in total. The van der Waals surface area contributed by atoms with Crippen molar-refractivity contribution >= 4 is 21.4 Å². The third-order valence-corrected chi connectivity index (χ3v) is 5.19. The van der Waals surface area contributed by atoms with Gasteiger partial charge in [-0.05, 0) is 18.0 Å². The summed E-state index contributed by atoms with van der Waals surface area (Å²) in [5, 5.41) is 8.88. The van der Waals surface area contributed by atoms with Crippen LogP contribution >= 0.6 is 11.5 Å². The van der Waals surface area contributed by atoms with Gasteiger partial charge in [0.15, 0.2) is 14.0 Å². The quantitative estimate of drug-likeness (QED) is 0.803. The van der Waals surface area contributed by atoms with E-state index in [2.05, 4.69) is 4.37 Å². The van der Waals surface area contributed by atoms with E-state index in [1.54, 1.807) is 0 Å². The molecule has 7 heteroatoms. The van der Waals surface area contributed by atoms with Gasteiger partial charge < -0.3 is 4.74 Å². The molecule has 0 aliphatic heterocycles. The minimum absolute atomic E-state index is 0.0142. The first-order valence-corrected chi connectivity index (χ1v) is 7.16. The topological polar surface area (TPSA) is 80.1 Å². The van der Waals surface area contributed by atoms with Crippen molar-refractivity contribution in [3.63, 3.8) is 0 Å². The van der Waals surface area contributed by atoms with Gasteiger partial charge in [-0.15, -0.1) is 0 Å². The smallest absolute Gasteiger partial charge is 0.244 e. The summed E-state index contributed by atoms with van der Waals surface area (Å²) in [6.45, 7) is 1.91. The molecule has 88 valence electrons. The van der Waals surface area contributed by atoms with Crippen molar-refractivity contribution in [2.24, 2.45) is 0 Å². The molecule has 0 unspecified atom stereocenters. The van der Waals surface area contributed by atoms with Crippen LogP contribution < -0.4 is 4.74 Å². The molecular weight excluding hydrogens is 248 g/mol. The van der Waals surface area contributed by atoms with Gasteiger partial charge >= 0.3 is 0 Å². The SMILES string of the molecule is CCCCS(=O)(=O)c1snc(OC)c1C#N. The number of sulfone groups is 1. The molecule has 0 saturated carbocycles. The van der Waals surface area contributed by atoms with Gasteiger partial charge in [0.2, 0.25) is 5.88 Å². The Kier molecular flexibility index (Phi) is 4.26. The van der Waals surface area contributed by atoms with Crippen LogP contribution in [0.15, 0.2) is 4.21 Å². The number of aromatic nitrogens is 1. The molecule has 0 bridgehead atoms. The van der Waals surface area contributed by atoms with Crippen LogP contribution in [0.4, 0.5) is 0 Å². The fraction of sp³-hybridized carbons (Fsp3) is 0.556. The third-order valence-electron chi connectivity index (χ3n) is 1.98. The molecule has 0 atom stereocenters. The molecule has 1 aromatic heterocycles. The summed E-state index contributed by atoms with van der Waals surface area (Å²) < 4.78 is 32.4. The maximum absolute atomic E-state index is 11.9. The number of methoxy groups -OCH3 is 1. The summed E-state index contributed by atoms with van der Waals surface area (Å²) in [7, 11) is -2.04. The normalized spacial score (nSPS) is 11.1. The molecule has 0 aromatic carbocycles. The van der Waals surface area contributed by atoms with E-state index in [1.807, 2.05) is 13.0 Å². The summed E-state index contributed by atoms with van der Waals surface area (Å²) in [6.07, 6.45) is 1.37. The van der Waals surface area contributed by atoms with Gasteiger partial charge in [-0.2, -0.15) is 9.64 Å². The van der Waals surface area contributed by atoms with Gasteiger partial charge in [-0.3, -0.25) is 0 Å². The molecule has 0 aliphatic carbocycles. The Morgan fingerprint density at radius 3 is 2.75 bits per heavy atom. The molecule has 1 heterocycles. The van der Waals surface area contributed by atoms with Gasteiger partial charge in [0, 0.05) is 0 Å². The Morgan fingerprint density at radius 1 is 1.56 bits per heavy atom. The highest BCUT2D eigenvalue weighted by molar-refractivity contribution is 7.93. The lowest BCUT2D eigenvalue weighted by molar-refractivity contribution is 0.400. The molecule has 1 aromatic rings. The average Bonchev–Trinajstić information content (AvgIpc) is 2.69. The second-order valence-corrected chi connectivity index (χ2v) is 6.22. The van der Waals surface area contributed by atoms with Crippen molar-refractivity contribution in [1.29, 1.82) is 5.26 Å².